The maximum atomic E-state index is 13.4. The molecule has 168 valence electrons. The van der Waals surface area contributed by atoms with Crippen molar-refractivity contribution in [3.8, 4) is 0 Å². The van der Waals surface area contributed by atoms with Crippen LogP contribution in [0.1, 0.15) is 44.9 Å². The molecule has 1 aliphatic carbocycles. The van der Waals surface area contributed by atoms with E-state index in [1.54, 1.807) is 0 Å². The quantitative estimate of drug-likeness (QED) is 0.708. The van der Waals surface area contributed by atoms with Gasteiger partial charge in [0.25, 0.3) is 0 Å². The van der Waals surface area contributed by atoms with Crippen LogP contribution >= 0.6 is 11.6 Å². The number of sulfonamides is 1. The van der Waals surface area contributed by atoms with E-state index in [0.29, 0.717) is 19.4 Å². The minimum Gasteiger partial charge on any atom is -0.354 e. The molecule has 1 aromatic rings. The van der Waals surface area contributed by atoms with Crippen LogP contribution in [0, 0.1) is 11.7 Å². The molecular weight excluding hydrogens is 429 g/mol. The molecule has 2 fully saturated rings. The summed E-state index contributed by atoms with van der Waals surface area (Å²) in [6, 6.07) is 3.41. The van der Waals surface area contributed by atoms with Crippen molar-refractivity contribution in [2.75, 3.05) is 33.7 Å². The molecule has 1 aromatic carbocycles. The van der Waals surface area contributed by atoms with Crippen molar-refractivity contribution < 1.29 is 17.6 Å². The molecule has 0 spiro atoms. The van der Waals surface area contributed by atoms with Gasteiger partial charge in [-0.1, -0.05) is 30.9 Å². The second kappa shape index (κ2) is 9.51. The zero-order valence-electron chi connectivity index (χ0n) is 17.7. The smallest absolute Gasteiger partial charge is 0.243 e. The van der Waals surface area contributed by atoms with Gasteiger partial charge < -0.3 is 10.2 Å². The zero-order valence-corrected chi connectivity index (χ0v) is 19.2. The van der Waals surface area contributed by atoms with E-state index < -0.39 is 15.8 Å². The van der Waals surface area contributed by atoms with E-state index in [1.165, 1.54) is 29.6 Å². The van der Waals surface area contributed by atoms with Crippen LogP contribution in [0.25, 0.3) is 0 Å². The largest absolute Gasteiger partial charge is 0.354 e. The number of carbonyl (C=O) groups is 1. The molecule has 30 heavy (non-hydrogen) atoms. The number of likely N-dealkylation sites (N-methyl/N-ethyl adjacent to an activating group) is 1. The van der Waals surface area contributed by atoms with Crippen LogP contribution in [0.4, 0.5) is 4.39 Å². The van der Waals surface area contributed by atoms with E-state index in [2.05, 4.69) is 24.3 Å². The molecule has 1 aliphatic heterocycles. The van der Waals surface area contributed by atoms with Crippen molar-refractivity contribution in [3.05, 3.63) is 29.0 Å². The lowest BCUT2D eigenvalue weighted by Gasteiger charge is -2.43. The Morgan fingerprint density at radius 3 is 2.43 bits per heavy atom. The van der Waals surface area contributed by atoms with Crippen molar-refractivity contribution in [2.45, 2.75) is 55.4 Å². The van der Waals surface area contributed by atoms with Gasteiger partial charge in [0, 0.05) is 31.1 Å². The van der Waals surface area contributed by atoms with Crippen molar-refractivity contribution in [3.63, 3.8) is 0 Å². The number of nitrogens with one attached hydrogen (secondary N) is 1. The van der Waals surface area contributed by atoms with Gasteiger partial charge in [-0.05, 0) is 58.0 Å². The standard InChI is InChI=1S/C21H31ClFN3O3S/c1-25(2)21(10-4-3-5-11-21)15-24-20(27)16-8-12-26(13-9-16)30(28,29)17-6-7-19(23)18(22)14-17/h6-7,14,16H,3-5,8-13,15H2,1-2H3,(H,24,27). The Bertz CT molecular complexity index is 864. The second-order valence-corrected chi connectivity index (χ2v) is 11.0. The minimum atomic E-state index is -3.76. The molecule has 0 unspecified atom stereocenters. The lowest BCUT2D eigenvalue weighted by molar-refractivity contribution is -0.126. The fourth-order valence-electron chi connectivity index (χ4n) is 4.53. The SMILES string of the molecule is CN(C)C1(CNC(=O)C2CCN(S(=O)(=O)c3ccc(F)c(Cl)c3)CC2)CCCCC1. The van der Waals surface area contributed by atoms with Crippen LogP contribution in [0.2, 0.25) is 5.02 Å². The molecule has 0 bridgehead atoms. The van der Waals surface area contributed by atoms with E-state index in [9.17, 15) is 17.6 Å². The average molecular weight is 460 g/mol. The van der Waals surface area contributed by atoms with Gasteiger partial charge >= 0.3 is 0 Å². The first-order valence-corrected chi connectivity index (χ1v) is 12.4. The van der Waals surface area contributed by atoms with Gasteiger partial charge in [-0.15, -0.1) is 0 Å². The summed E-state index contributed by atoms with van der Waals surface area (Å²) in [7, 11) is 0.387. The summed E-state index contributed by atoms with van der Waals surface area (Å²) < 4.78 is 40.3. The van der Waals surface area contributed by atoms with Crippen LogP contribution < -0.4 is 5.32 Å². The van der Waals surface area contributed by atoms with E-state index in [0.717, 1.165) is 25.0 Å². The van der Waals surface area contributed by atoms with Crippen LogP contribution in [0.15, 0.2) is 23.1 Å². The molecule has 9 heteroatoms. The minimum absolute atomic E-state index is 0.00340. The first kappa shape index (κ1) is 23.4. The molecule has 2 aliphatic rings. The zero-order chi connectivity index (χ0) is 21.9. The van der Waals surface area contributed by atoms with Gasteiger partial charge in [-0.25, -0.2) is 12.8 Å². The fraction of sp³-hybridized carbons (Fsp3) is 0.667. The molecule has 1 saturated heterocycles. The maximum absolute atomic E-state index is 13.4. The van der Waals surface area contributed by atoms with Crippen LogP contribution in [-0.4, -0.2) is 62.8 Å². The summed E-state index contributed by atoms with van der Waals surface area (Å²) in [5.41, 5.74) is 0.0137. The number of carbonyl (C=O) groups excluding carboxylic acids is 1. The Hall–Kier alpha value is -1.22. The summed E-state index contributed by atoms with van der Waals surface area (Å²) in [5.74, 6) is -0.848. The van der Waals surface area contributed by atoms with E-state index >= 15 is 0 Å². The molecule has 1 N–H and O–H groups in total. The summed E-state index contributed by atoms with van der Waals surface area (Å²) in [6.45, 7) is 1.15. The Balaban J connectivity index is 1.57. The van der Waals surface area contributed by atoms with E-state index in [-0.39, 0.29) is 40.4 Å². The normalized spacial score (nSPS) is 21.0. The first-order valence-electron chi connectivity index (χ1n) is 10.6. The van der Waals surface area contributed by atoms with Gasteiger partial charge in [-0.2, -0.15) is 4.31 Å². The molecule has 3 rings (SSSR count). The predicted molar refractivity (Wildman–Crippen MR) is 115 cm³/mol. The van der Waals surface area contributed by atoms with Crippen molar-refractivity contribution in [2.24, 2.45) is 5.92 Å². The first-order chi connectivity index (χ1) is 14.2. The van der Waals surface area contributed by atoms with Gasteiger partial charge in [-0.3, -0.25) is 4.79 Å². The molecule has 6 nitrogen and oxygen atoms in total. The lowest BCUT2D eigenvalue weighted by Crippen LogP contribution is -2.55. The molecule has 0 radical (unpaired) electrons. The van der Waals surface area contributed by atoms with Gasteiger partial charge in [0.15, 0.2) is 0 Å². The number of piperidine rings is 1. The van der Waals surface area contributed by atoms with Crippen molar-refractivity contribution >= 4 is 27.5 Å². The Morgan fingerprint density at radius 2 is 1.87 bits per heavy atom. The van der Waals surface area contributed by atoms with Gasteiger partial charge in [0.1, 0.15) is 5.82 Å². The Labute approximate surface area is 183 Å². The second-order valence-electron chi connectivity index (χ2n) is 8.65. The highest BCUT2D eigenvalue weighted by Crippen LogP contribution is 2.32. The maximum Gasteiger partial charge on any atom is 0.243 e. The third-order valence-corrected chi connectivity index (χ3v) is 8.86. The highest BCUT2D eigenvalue weighted by Gasteiger charge is 2.36. The summed E-state index contributed by atoms with van der Waals surface area (Å²) >= 11 is 5.74. The number of amides is 1. The summed E-state index contributed by atoms with van der Waals surface area (Å²) in [4.78, 5) is 15.0. The summed E-state index contributed by atoms with van der Waals surface area (Å²) in [6.07, 6.45) is 6.70. The van der Waals surface area contributed by atoms with Gasteiger partial charge in [0.2, 0.25) is 15.9 Å². The molecule has 1 saturated carbocycles. The number of nitrogens with zero attached hydrogens (tertiary/aromatic N) is 2. The van der Waals surface area contributed by atoms with Gasteiger partial charge in [0.05, 0.1) is 9.92 Å². The van der Waals surface area contributed by atoms with E-state index in [4.69, 9.17) is 11.6 Å². The number of rotatable bonds is 6. The van der Waals surface area contributed by atoms with Crippen LogP contribution in [0.5, 0.6) is 0 Å². The topological polar surface area (TPSA) is 69.7 Å². The highest BCUT2D eigenvalue weighted by atomic mass is 35.5. The molecule has 0 aromatic heterocycles. The molecule has 0 atom stereocenters. The number of hydrogen-bond donors (Lipinski definition) is 1. The van der Waals surface area contributed by atoms with E-state index in [1.807, 2.05) is 0 Å². The fourth-order valence-corrected chi connectivity index (χ4v) is 6.27. The lowest BCUT2D eigenvalue weighted by atomic mass is 9.80. The Kier molecular flexibility index (Phi) is 7.43. The number of hydrogen-bond acceptors (Lipinski definition) is 4. The molecular formula is C21H31ClFN3O3S. The monoisotopic (exact) mass is 459 g/mol. The number of benzene rings is 1. The Morgan fingerprint density at radius 1 is 1.23 bits per heavy atom. The number of halogens is 2. The van der Waals surface area contributed by atoms with Crippen molar-refractivity contribution in [1.82, 2.24) is 14.5 Å². The third kappa shape index (κ3) is 4.98. The predicted octanol–water partition coefficient (Wildman–Crippen LogP) is 3.26. The summed E-state index contributed by atoms with van der Waals surface area (Å²) in [5, 5.41) is 2.92. The van der Waals surface area contributed by atoms with Crippen molar-refractivity contribution in [1.29, 1.82) is 0 Å². The van der Waals surface area contributed by atoms with Crippen LogP contribution in [-0.2, 0) is 14.8 Å². The third-order valence-electron chi connectivity index (χ3n) is 6.68. The molecule has 1 amide bonds. The molecule has 1 heterocycles. The average Bonchev–Trinajstić information content (AvgIpc) is 2.74. The highest BCUT2D eigenvalue weighted by molar-refractivity contribution is 7.89. The van der Waals surface area contributed by atoms with Crippen LogP contribution in [0.3, 0.4) is 0 Å².